The maximum absolute atomic E-state index is 12.1. The Morgan fingerprint density at radius 2 is 2.33 bits per heavy atom. The van der Waals surface area contributed by atoms with Gasteiger partial charge in [-0.05, 0) is 32.6 Å². The highest BCUT2D eigenvalue weighted by molar-refractivity contribution is 5.89. The van der Waals surface area contributed by atoms with Crippen molar-refractivity contribution in [2.24, 2.45) is 5.92 Å². The Bertz CT molecular complexity index is 413. The van der Waals surface area contributed by atoms with Crippen LogP contribution in [0.25, 0.3) is 0 Å². The fraction of sp³-hybridized carbons (Fsp3) is 0.692. The van der Waals surface area contributed by atoms with Crippen LogP contribution in [0.15, 0.2) is 12.4 Å². The average molecular weight is 250 g/mol. The van der Waals surface area contributed by atoms with Crippen LogP contribution in [0.3, 0.4) is 0 Å². The molecule has 1 fully saturated rings. The number of nitrogens with zero attached hydrogens (tertiary/aromatic N) is 3. The van der Waals surface area contributed by atoms with Crippen LogP contribution in [0, 0.1) is 5.92 Å². The number of aromatic nitrogens is 2. The minimum absolute atomic E-state index is 0.00939. The van der Waals surface area contributed by atoms with E-state index in [1.807, 2.05) is 15.8 Å². The van der Waals surface area contributed by atoms with Crippen LogP contribution >= 0.6 is 0 Å². The number of piperidine rings is 1. The van der Waals surface area contributed by atoms with E-state index in [4.69, 9.17) is 0 Å². The van der Waals surface area contributed by atoms with Crippen LogP contribution in [0.2, 0.25) is 0 Å². The first-order valence-corrected chi connectivity index (χ1v) is 6.66. The lowest BCUT2D eigenvalue weighted by Gasteiger charge is -2.30. The highest BCUT2D eigenvalue weighted by Crippen LogP contribution is 2.17. The van der Waals surface area contributed by atoms with E-state index in [9.17, 15) is 4.79 Å². The van der Waals surface area contributed by atoms with Gasteiger partial charge in [0.15, 0.2) is 0 Å². The van der Waals surface area contributed by atoms with Crippen molar-refractivity contribution in [2.75, 3.05) is 18.4 Å². The van der Waals surface area contributed by atoms with Crippen molar-refractivity contribution in [1.29, 1.82) is 0 Å². The lowest BCUT2D eigenvalue weighted by atomic mass is 10.0. The summed E-state index contributed by atoms with van der Waals surface area (Å²) in [5, 5.41) is 7.12. The quantitative estimate of drug-likeness (QED) is 0.877. The van der Waals surface area contributed by atoms with Gasteiger partial charge in [0.2, 0.25) is 0 Å². The Labute approximate surface area is 108 Å². The molecular weight excluding hydrogens is 228 g/mol. The largest absolute Gasteiger partial charge is 0.324 e. The zero-order valence-electron chi connectivity index (χ0n) is 11.4. The molecule has 0 aliphatic carbocycles. The number of hydrogen-bond acceptors (Lipinski definition) is 2. The third-order valence-electron chi connectivity index (χ3n) is 3.33. The topological polar surface area (TPSA) is 50.2 Å². The summed E-state index contributed by atoms with van der Waals surface area (Å²) in [5.74, 6) is 0.600. The molecule has 2 amide bonds. The van der Waals surface area contributed by atoms with Crippen LogP contribution in [-0.2, 0) is 0 Å². The molecule has 5 heteroatoms. The predicted octanol–water partition coefficient (Wildman–Crippen LogP) is 2.73. The van der Waals surface area contributed by atoms with E-state index < -0.39 is 0 Å². The van der Waals surface area contributed by atoms with Crippen LogP contribution in [0.4, 0.5) is 10.5 Å². The third-order valence-corrected chi connectivity index (χ3v) is 3.33. The minimum Gasteiger partial charge on any atom is -0.324 e. The number of amides is 2. The van der Waals surface area contributed by atoms with Gasteiger partial charge in [-0.3, -0.25) is 4.68 Å². The molecule has 1 aromatic heterocycles. The highest BCUT2D eigenvalue weighted by Gasteiger charge is 2.21. The summed E-state index contributed by atoms with van der Waals surface area (Å²) in [6.07, 6.45) is 5.89. The normalized spacial score (nSPS) is 20.2. The van der Waals surface area contributed by atoms with Gasteiger partial charge in [-0.25, -0.2) is 4.79 Å². The number of hydrogen-bond donors (Lipinski definition) is 1. The molecule has 0 aromatic carbocycles. The Balaban J connectivity index is 1.93. The molecule has 0 saturated carbocycles. The first kappa shape index (κ1) is 12.9. The predicted molar refractivity (Wildman–Crippen MR) is 71.6 cm³/mol. The van der Waals surface area contributed by atoms with E-state index in [2.05, 4.69) is 31.2 Å². The second-order valence-corrected chi connectivity index (χ2v) is 5.43. The van der Waals surface area contributed by atoms with Crippen LogP contribution in [0.1, 0.15) is 39.7 Å². The van der Waals surface area contributed by atoms with Gasteiger partial charge >= 0.3 is 6.03 Å². The van der Waals surface area contributed by atoms with Gasteiger partial charge in [0.05, 0.1) is 11.9 Å². The summed E-state index contributed by atoms with van der Waals surface area (Å²) in [7, 11) is 0. The summed E-state index contributed by atoms with van der Waals surface area (Å²) in [6, 6.07) is 0.301. The summed E-state index contributed by atoms with van der Waals surface area (Å²) < 4.78 is 1.84. The Hall–Kier alpha value is -1.52. The van der Waals surface area contributed by atoms with Gasteiger partial charge in [-0.2, -0.15) is 5.10 Å². The van der Waals surface area contributed by atoms with E-state index in [0.717, 1.165) is 25.2 Å². The lowest BCUT2D eigenvalue weighted by molar-refractivity contribution is 0.182. The fourth-order valence-electron chi connectivity index (χ4n) is 2.26. The van der Waals surface area contributed by atoms with Crippen molar-refractivity contribution in [3.05, 3.63) is 12.4 Å². The standard InChI is InChI=1S/C13H22N4O/c1-10(2)17-9-12(7-14-17)15-13(18)16-6-4-5-11(3)8-16/h7,9-11H,4-6,8H2,1-3H3,(H,15,18). The summed E-state index contributed by atoms with van der Waals surface area (Å²) in [4.78, 5) is 14.0. The highest BCUT2D eigenvalue weighted by atomic mass is 16.2. The first-order valence-electron chi connectivity index (χ1n) is 6.66. The van der Waals surface area contributed by atoms with Crippen LogP contribution in [0.5, 0.6) is 0 Å². The molecule has 1 aromatic rings. The zero-order chi connectivity index (χ0) is 13.1. The van der Waals surface area contributed by atoms with Crippen molar-refractivity contribution in [2.45, 2.75) is 39.7 Å². The molecule has 1 aliphatic rings. The maximum atomic E-state index is 12.1. The molecule has 0 spiro atoms. The van der Waals surface area contributed by atoms with Gasteiger partial charge in [-0.1, -0.05) is 6.92 Å². The van der Waals surface area contributed by atoms with Crippen molar-refractivity contribution in [1.82, 2.24) is 14.7 Å². The SMILES string of the molecule is CC1CCCN(C(=O)Nc2cnn(C(C)C)c2)C1. The second-order valence-electron chi connectivity index (χ2n) is 5.43. The molecule has 0 bridgehead atoms. The number of urea groups is 1. The Morgan fingerprint density at radius 1 is 1.56 bits per heavy atom. The molecule has 1 N–H and O–H groups in total. The number of likely N-dealkylation sites (tertiary alicyclic amines) is 1. The number of anilines is 1. The summed E-state index contributed by atoms with van der Waals surface area (Å²) in [5.41, 5.74) is 0.770. The zero-order valence-corrected chi connectivity index (χ0v) is 11.4. The van der Waals surface area contributed by atoms with E-state index in [-0.39, 0.29) is 6.03 Å². The van der Waals surface area contributed by atoms with E-state index in [1.54, 1.807) is 6.20 Å². The number of carbonyl (C=O) groups excluding carboxylic acids is 1. The van der Waals surface area contributed by atoms with Crippen molar-refractivity contribution in [3.8, 4) is 0 Å². The van der Waals surface area contributed by atoms with E-state index >= 15 is 0 Å². The van der Waals surface area contributed by atoms with Crippen molar-refractivity contribution in [3.63, 3.8) is 0 Å². The van der Waals surface area contributed by atoms with Crippen molar-refractivity contribution < 1.29 is 4.79 Å². The van der Waals surface area contributed by atoms with E-state index in [1.165, 1.54) is 6.42 Å². The lowest BCUT2D eigenvalue weighted by Crippen LogP contribution is -2.41. The second kappa shape index (κ2) is 5.42. The van der Waals surface area contributed by atoms with Gasteiger partial charge in [-0.15, -0.1) is 0 Å². The molecule has 1 unspecified atom stereocenters. The molecule has 1 saturated heterocycles. The molecule has 0 radical (unpaired) electrons. The van der Waals surface area contributed by atoms with Crippen LogP contribution < -0.4 is 5.32 Å². The molecule has 18 heavy (non-hydrogen) atoms. The first-order chi connectivity index (χ1) is 8.56. The van der Waals surface area contributed by atoms with Gasteiger partial charge in [0.1, 0.15) is 0 Å². The molecule has 1 aliphatic heterocycles. The number of rotatable bonds is 2. The monoisotopic (exact) mass is 250 g/mol. The third kappa shape index (κ3) is 3.03. The van der Waals surface area contributed by atoms with Crippen LogP contribution in [-0.4, -0.2) is 33.8 Å². The summed E-state index contributed by atoms with van der Waals surface area (Å²) in [6.45, 7) is 8.02. The summed E-state index contributed by atoms with van der Waals surface area (Å²) >= 11 is 0. The molecule has 5 nitrogen and oxygen atoms in total. The van der Waals surface area contributed by atoms with E-state index in [0.29, 0.717) is 12.0 Å². The molecule has 100 valence electrons. The Morgan fingerprint density at radius 3 is 2.94 bits per heavy atom. The molecule has 1 atom stereocenters. The van der Waals surface area contributed by atoms with Gasteiger partial charge < -0.3 is 10.2 Å². The average Bonchev–Trinajstić information content (AvgIpc) is 2.77. The smallest absolute Gasteiger partial charge is 0.321 e. The van der Waals surface area contributed by atoms with Gasteiger partial charge in [0, 0.05) is 25.3 Å². The molecule has 2 rings (SSSR count). The van der Waals surface area contributed by atoms with Gasteiger partial charge in [0.25, 0.3) is 0 Å². The minimum atomic E-state index is -0.00939. The molecule has 2 heterocycles. The van der Waals surface area contributed by atoms with Crippen molar-refractivity contribution >= 4 is 11.7 Å². The maximum Gasteiger partial charge on any atom is 0.321 e. The number of carbonyl (C=O) groups is 1. The molecular formula is C13H22N4O. The fourth-order valence-corrected chi connectivity index (χ4v) is 2.26. The number of nitrogens with one attached hydrogen (secondary N) is 1. The Kier molecular flexibility index (Phi) is 3.89.